The number of piperidine rings is 2. The molecule has 2 saturated heterocycles. The van der Waals surface area contributed by atoms with E-state index in [1.165, 1.54) is 0 Å². The Bertz CT molecular complexity index is 513. The predicted molar refractivity (Wildman–Crippen MR) is 66.3 cm³/mol. The molecule has 1 aromatic rings. The van der Waals surface area contributed by atoms with E-state index in [1.807, 2.05) is 0 Å². The average molecular weight is 248 g/mol. The molecule has 2 N–H and O–H groups in total. The summed E-state index contributed by atoms with van der Waals surface area (Å²) in [5.74, 6) is 0.651. The molecule has 3 rings (SSSR count). The van der Waals surface area contributed by atoms with Crippen molar-refractivity contribution >= 4 is 11.6 Å². The number of H-pyrrole nitrogens is 1. The third-order valence-electron chi connectivity index (χ3n) is 3.84. The molecule has 2 aliphatic rings. The Morgan fingerprint density at radius 1 is 1.33 bits per heavy atom. The third kappa shape index (κ3) is 2.10. The van der Waals surface area contributed by atoms with Crippen LogP contribution in [-0.2, 0) is 4.79 Å². The fourth-order valence-electron chi connectivity index (χ4n) is 2.88. The lowest BCUT2D eigenvalue weighted by molar-refractivity contribution is -0.124. The zero-order valence-corrected chi connectivity index (χ0v) is 10.1. The summed E-state index contributed by atoms with van der Waals surface area (Å²) in [4.78, 5) is 24.8. The molecule has 6 nitrogen and oxygen atoms in total. The van der Waals surface area contributed by atoms with Crippen LogP contribution in [0.1, 0.15) is 19.3 Å². The van der Waals surface area contributed by atoms with Crippen molar-refractivity contribution in [2.75, 3.05) is 18.0 Å². The summed E-state index contributed by atoms with van der Waals surface area (Å²) in [7, 11) is 0. The molecule has 3 heterocycles. The Labute approximate surface area is 104 Å². The second kappa shape index (κ2) is 4.44. The van der Waals surface area contributed by atoms with Gasteiger partial charge in [0.1, 0.15) is 0 Å². The molecule has 2 fully saturated rings. The lowest BCUT2D eigenvalue weighted by Crippen LogP contribution is -2.54. The summed E-state index contributed by atoms with van der Waals surface area (Å²) in [5.41, 5.74) is 0.695. The zero-order chi connectivity index (χ0) is 12.5. The van der Waals surface area contributed by atoms with Crippen molar-refractivity contribution in [1.82, 2.24) is 15.5 Å². The quantitative estimate of drug-likeness (QED) is 0.726. The molecule has 0 bridgehead atoms. The molecule has 2 aliphatic heterocycles. The van der Waals surface area contributed by atoms with Gasteiger partial charge in [0.2, 0.25) is 5.91 Å². The van der Waals surface area contributed by atoms with Gasteiger partial charge in [-0.25, -0.2) is 5.10 Å². The van der Waals surface area contributed by atoms with Gasteiger partial charge in [-0.3, -0.25) is 9.59 Å². The van der Waals surface area contributed by atoms with Crippen molar-refractivity contribution in [3.8, 4) is 0 Å². The highest BCUT2D eigenvalue weighted by Crippen LogP contribution is 2.27. The zero-order valence-electron chi connectivity index (χ0n) is 10.1. The van der Waals surface area contributed by atoms with E-state index in [0.717, 1.165) is 31.6 Å². The maximum atomic E-state index is 11.3. The predicted octanol–water partition coefficient (Wildman–Crippen LogP) is -0.125. The van der Waals surface area contributed by atoms with Gasteiger partial charge in [0.05, 0.1) is 11.9 Å². The number of hydrogen-bond donors (Lipinski definition) is 2. The van der Waals surface area contributed by atoms with E-state index in [0.29, 0.717) is 18.4 Å². The number of anilines is 1. The maximum Gasteiger partial charge on any atom is 0.266 e. The van der Waals surface area contributed by atoms with E-state index in [2.05, 4.69) is 20.4 Å². The smallest absolute Gasteiger partial charge is 0.266 e. The minimum Gasteiger partial charge on any atom is -0.370 e. The number of nitrogens with zero attached hydrogens (tertiary/aromatic N) is 2. The molecule has 0 aromatic carbocycles. The first kappa shape index (κ1) is 11.3. The average Bonchev–Trinajstić information content (AvgIpc) is 2.38. The lowest BCUT2D eigenvalue weighted by Gasteiger charge is -2.42. The first-order valence-electron chi connectivity index (χ1n) is 6.31. The SMILES string of the molecule is O=C1CCC2CN(c3cn[nH]c(=O)c3)CCC2N1. The van der Waals surface area contributed by atoms with Crippen LogP contribution in [0.15, 0.2) is 17.1 Å². The highest BCUT2D eigenvalue weighted by Gasteiger charge is 2.33. The second-order valence-electron chi connectivity index (χ2n) is 5.01. The molecule has 0 spiro atoms. The molecular formula is C12H16N4O2. The minimum absolute atomic E-state index is 0.169. The van der Waals surface area contributed by atoms with Crippen LogP contribution in [-0.4, -0.2) is 35.2 Å². The van der Waals surface area contributed by atoms with Gasteiger partial charge in [-0.2, -0.15) is 5.10 Å². The second-order valence-corrected chi connectivity index (χ2v) is 5.01. The van der Waals surface area contributed by atoms with Crippen molar-refractivity contribution in [1.29, 1.82) is 0 Å². The molecule has 0 radical (unpaired) electrons. The number of fused-ring (bicyclic) bond motifs is 1. The van der Waals surface area contributed by atoms with Gasteiger partial charge in [-0.05, 0) is 18.8 Å². The standard InChI is InChI=1S/C12H16N4O2/c17-11-2-1-8-7-16(4-3-10(8)14-11)9-5-12(18)15-13-6-9/h5-6,8,10H,1-4,7H2,(H,14,17)(H,15,18). The van der Waals surface area contributed by atoms with E-state index in [9.17, 15) is 9.59 Å². The van der Waals surface area contributed by atoms with Gasteiger partial charge in [0, 0.05) is 31.6 Å². The molecule has 2 unspecified atom stereocenters. The number of carbonyl (C=O) groups is 1. The van der Waals surface area contributed by atoms with Gasteiger partial charge < -0.3 is 10.2 Å². The van der Waals surface area contributed by atoms with Crippen LogP contribution in [0.5, 0.6) is 0 Å². The maximum absolute atomic E-state index is 11.3. The molecule has 0 aliphatic carbocycles. The number of hydrogen-bond acceptors (Lipinski definition) is 4. The fraction of sp³-hybridized carbons (Fsp3) is 0.583. The topological polar surface area (TPSA) is 78.1 Å². The van der Waals surface area contributed by atoms with Crippen molar-refractivity contribution in [3.63, 3.8) is 0 Å². The van der Waals surface area contributed by atoms with Crippen molar-refractivity contribution < 1.29 is 4.79 Å². The number of carbonyl (C=O) groups excluding carboxylic acids is 1. The van der Waals surface area contributed by atoms with E-state index < -0.39 is 0 Å². The van der Waals surface area contributed by atoms with Crippen LogP contribution in [0.3, 0.4) is 0 Å². The van der Waals surface area contributed by atoms with Crippen molar-refractivity contribution in [2.45, 2.75) is 25.3 Å². The Kier molecular flexibility index (Phi) is 2.77. The van der Waals surface area contributed by atoms with Crippen LogP contribution in [0.4, 0.5) is 5.69 Å². The van der Waals surface area contributed by atoms with Gasteiger partial charge >= 0.3 is 0 Å². The molecule has 2 atom stereocenters. The first-order chi connectivity index (χ1) is 8.72. The fourth-order valence-corrected chi connectivity index (χ4v) is 2.88. The molecular weight excluding hydrogens is 232 g/mol. The van der Waals surface area contributed by atoms with Crippen LogP contribution in [0, 0.1) is 5.92 Å². The van der Waals surface area contributed by atoms with E-state index in [-0.39, 0.29) is 11.5 Å². The Morgan fingerprint density at radius 2 is 2.22 bits per heavy atom. The van der Waals surface area contributed by atoms with Crippen LogP contribution >= 0.6 is 0 Å². The number of rotatable bonds is 1. The van der Waals surface area contributed by atoms with Gasteiger partial charge in [-0.1, -0.05) is 0 Å². The Morgan fingerprint density at radius 3 is 3.06 bits per heavy atom. The van der Waals surface area contributed by atoms with Crippen LogP contribution in [0.25, 0.3) is 0 Å². The molecule has 6 heteroatoms. The number of aromatic amines is 1. The lowest BCUT2D eigenvalue weighted by atomic mass is 9.85. The molecule has 1 amide bonds. The normalized spacial score (nSPS) is 27.6. The molecule has 96 valence electrons. The number of nitrogens with one attached hydrogen (secondary N) is 2. The summed E-state index contributed by atoms with van der Waals surface area (Å²) in [6.07, 6.45) is 4.17. The Hall–Kier alpha value is -1.85. The number of amides is 1. The number of aromatic nitrogens is 2. The minimum atomic E-state index is -0.174. The molecule has 0 saturated carbocycles. The van der Waals surface area contributed by atoms with Crippen molar-refractivity contribution in [3.05, 3.63) is 22.6 Å². The van der Waals surface area contributed by atoms with Crippen molar-refractivity contribution in [2.24, 2.45) is 5.92 Å². The summed E-state index contributed by atoms with van der Waals surface area (Å²) < 4.78 is 0. The summed E-state index contributed by atoms with van der Waals surface area (Å²) in [6, 6.07) is 1.88. The largest absolute Gasteiger partial charge is 0.370 e. The van der Waals surface area contributed by atoms with Gasteiger partial charge in [0.25, 0.3) is 5.56 Å². The van der Waals surface area contributed by atoms with Gasteiger partial charge in [0.15, 0.2) is 0 Å². The summed E-state index contributed by atoms with van der Waals surface area (Å²) in [6.45, 7) is 1.74. The van der Waals surface area contributed by atoms with Crippen LogP contribution < -0.4 is 15.8 Å². The highest BCUT2D eigenvalue weighted by atomic mass is 16.1. The van der Waals surface area contributed by atoms with E-state index in [1.54, 1.807) is 12.3 Å². The summed E-state index contributed by atoms with van der Waals surface area (Å²) in [5, 5.41) is 9.26. The van der Waals surface area contributed by atoms with E-state index in [4.69, 9.17) is 0 Å². The Balaban J connectivity index is 1.74. The van der Waals surface area contributed by atoms with Gasteiger partial charge in [-0.15, -0.1) is 0 Å². The third-order valence-corrected chi connectivity index (χ3v) is 3.84. The monoisotopic (exact) mass is 248 g/mol. The first-order valence-corrected chi connectivity index (χ1v) is 6.31. The van der Waals surface area contributed by atoms with Crippen LogP contribution in [0.2, 0.25) is 0 Å². The van der Waals surface area contributed by atoms with E-state index >= 15 is 0 Å². The molecule has 18 heavy (non-hydrogen) atoms. The molecule has 1 aromatic heterocycles. The highest BCUT2D eigenvalue weighted by molar-refractivity contribution is 5.77. The summed E-state index contributed by atoms with van der Waals surface area (Å²) >= 11 is 0.